The van der Waals surface area contributed by atoms with Gasteiger partial charge in [0.1, 0.15) is 23.3 Å². The highest BCUT2D eigenvalue weighted by atomic mass is 19.3. The summed E-state index contributed by atoms with van der Waals surface area (Å²) in [5.41, 5.74) is -1.35. The van der Waals surface area contributed by atoms with Crippen molar-refractivity contribution in [2.45, 2.75) is 32.0 Å². The van der Waals surface area contributed by atoms with E-state index in [0.717, 1.165) is 12.1 Å². The average Bonchev–Trinajstić information content (AvgIpc) is 2.66. The molecule has 120 valence electrons. The number of hydrogen-bond donors (Lipinski definition) is 0. The number of halogens is 6. The van der Waals surface area contributed by atoms with Crippen molar-refractivity contribution in [2.24, 2.45) is 0 Å². The van der Waals surface area contributed by atoms with Gasteiger partial charge in [0.2, 0.25) is 0 Å². The molecule has 0 aliphatic heterocycles. The van der Waals surface area contributed by atoms with E-state index in [1.807, 2.05) is 0 Å². The summed E-state index contributed by atoms with van der Waals surface area (Å²) in [6.45, 7) is 1.77. The zero-order chi connectivity index (χ0) is 16.5. The molecule has 0 saturated heterocycles. The Morgan fingerprint density at radius 3 is 1.95 bits per heavy atom. The summed E-state index contributed by atoms with van der Waals surface area (Å²) in [7, 11) is 0. The fraction of sp³-hybridized carbons (Fsp3) is 0.333. The molecule has 0 N–H and O–H groups in total. The summed E-state index contributed by atoms with van der Waals surface area (Å²) >= 11 is 0. The molecule has 1 nitrogen and oxygen atoms in total. The van der Waals surface area contributed by atoms with Crippen LogP contribution in [0.4, 0.5) is 26.3 Å². The summed E-state index contributed by atoms with van der Waals surface area (Å²) in [5, 5.41) is 0. The molecule has 0 unspecified atom stereocenters. The van der Waals surface area contributed by atoms with E-state index in [2.05, 4.69) is 4.74 Å². The lowest BCUT2D eigenvalue weighted by molar-refractivity contribution is -0.259. The summed E-state index contributed by atoms with van der Waals surface area (Å²) in [4.78, 5) is 0. The van der Waals surface area contributed by atoms with Gasteiger partial charge in [0.05, 0.1) is 0 Å². The smallest absolute Gasteiger partial charge is 0.304 e. The van der Waals surface area contributed by atoms with Gasteiger partial charge < -0.3 is 4.74 Å². The van der Waals surface area contributed by atoms with Gasteiger partial charge in [-0.15, -0.1) is 0 Å². The average molecular weight is 322 g/mol. The Morgan fingerprint density at radius 1 is 1.00 bits per heavy atom. The molecule has 0 heterocycles. The molecular formula is C15H12F6O. The van der Waals surface area contributed by atoms with Crippen molar-refractivity contribution >= 4 is 0 Å². The minimum atomic E-state index is -4.37. The number of hydrogen-bond acceptors (Lipinski definition) is 1. The molecule has 1 aromatic carbocycles. The number of aryl methyl sites for hydroxylation is 1. The number of alkyl halides is 2. The third-order valence-electron chi connectivity index (χ3n) is 3.07. The molecule has 1 aliphatic rings. The van der Waals surface area contributed by atoms with Gasteiger partial charge in [-0.25, -0.2) is 17.6 Å². The first-order valence-corrected chi connectivity index (χ1v) is 6.53. The molecule has 0 saturated carbocycles. The Kier molecular flexibility index (Phi) is 4.65. The van der Waals surface area contributed by atoms with Crippen LogP contribution in [0.1, 0.15) is 24.5 Å². The quantitative estimate of drug-likeness (QED) is 0.688. The molecule has 1 aliphatic carbocycles. The first kappa shape index (κ1) is 16.6. The van der Waals surface area contributed by atoms with Crippen LogP contribution in [0.15, 0.2) is 35.9 Å². The molecule has 0 fully saturated rings. The van der Waals surface area contributed by atoms with E-state index in [-0.39, 0.29) is 5.56 Å². The first-order chi connectivity index (χ1) is 10.2. The fourth-order valence-electron chi connectivity index (χ4n) is 2.13. The second-order valence-corrected chi connectivity index (χ2v) is 4.81. The predicted molar refractivity (Wildman–Crippen MR) is 67.5 cm³/mol. The van der Waals surface area contributed by atoms with Crippen molar-refractivity contribution in [3.8, 4) is 0 Å². The zero-order valence-corrected chi connectivity index (χ0v) is 11.5. The van der Waals surface area contributed by atoms with Crippen LogP contribution in [0.5, 0.6) is 0 Å². The largest absolute Gasteiger partial charge is 0.389 e. The topological polar surface area (TPSA) is 9.23 Å². The zero-order valence-electron chi connectivity index (χ0n) is 11.5. The molecular weight excluding hydrogens is 310 g/mol. The Balaban J connectivity index is 2.30. The van der Waals surface area contributed by atoms with Crippen LogP contribution in [0.3, 0.4) is 0 Å². The van der Waals surface area contributed by atoms with Gasteiger partial charge in [-0.2, -0.15) is 8.78 Å². The van der Waals surface area contributed by atoms with Crippen LogP contribution in [0.25, 0.3) is 0 Å². The van der Waals surface area contributed by atoms with E-state index in [1.54, 1.807) is 6.92 Å². The van der Waals surface area contributed by atoms with E-state index in [1.165, 1.54) is 0 Å². The van der Waals surface area contributed by atoms with Crippen molar-refractivity contribution in [1.82, 2.24) is 0 Å². The minimum absolute atomic E-state index is 0.231. The lowest BCUT2D eigenvalue weighted by Gasteiger charge is -2.21. The van der Waals surface area contributed by atoms with E-state index >= 15 is 0 Å². The third-order valence-corrected chi connectivity index (χ3v) is 3.07. The van der Waals surface area contributed by atoms with E-state index in [9.17, 15) is 26.3 Å². The lowest BCUT2D eigenvalue weighted by atomic mass is 10.1. The van der Waals surface area contributed by atoms with Crippen molar-refractivity contribution in [2.75, 3.05) is 0 Å². The highest BCUT2D eigenvalue weighted by molar-refractivity contribution is 5.32. The van der Waals surface area contributed by atoms with Crippen LogP contribution >= 0.6 is 0 Å². The van der Waals surface area contributed by atoms with Crippen LogP contribution < -0.4 is 0 Å². The summed E-state index contributed by atoms with van der Waals surface area (Å²) < 4.78 is 85.1. The Morgan fingerprint density at radius 2 is 1.50 bits per heavy atom. The number of allylic oxidation sites excluding steroid dienone is 2. The van der Waals surface area contributed by atoms with Crippen LogP contribution in [0, 0.1) is 11.6 Å². The van der Waals surface area contributed by atoms with Gasteiger partial charge >= 0.3 is 6.11 Å². The Hall–Kier alpha value is -1.76. The van der Waals surface area contributed by atoms with Gasteiger partial charge in [-0.05, 0) is 36.3 Å². The third kappa shape index (κ3) is 3.35. The van der Waals surface area contributed by atoms with Crippen LogP contribution in [0.2, 0.25) is 0 Å². The molecule has 0 amide bonds. The number of rotatable bonds is 5. The van der Waals surface area contributed by atoms with Crippen molar-refractivity contribution < 1.29 is 31.1 Å². The van der Waals surface area contributed by atoms with Crippen LogP contribution in [-0.2, 0) is 17.3 Å². The van der Waals surface area contributed by atoms with E-state index in [0.29, 0.717) is 25.0 Å². The molecule has 1 aromatic rings. The highest BCUT2D eigenvalue weighted by Gasteiger charge is 2.42. The normalized spacial score (nSPS) is 16.0. The standard InChI is InChI=1S/C15H12F6O/c1-2-3-8-4-12(18)14(13(19)5-8)15(20,21)22-9-6-10(16)11(17)7-9/h4-7,9H,2-3H2,1H3. The summed E-state index contributed by atoms with van der Waals surface area (Å²) in [5.74, 6) is -5.67. The fourth-order valence-corrected chi connectivity index (χ4v) is 2.13. The second kappa shape index (κ2) is 6.16. The maximum Gasteiger partial charge on any atom is 0.389 e. The van der Waals surface area contributed by atoms with Gasteiger partial charge in [-0.1, -0.05) is 13.3 Å². The monoisotopic (exact) mass is 322 g/mol. The molecule has 0 aromatic heterocycles. The predicted octanol–water partition coefficient (Wildman–Crippen LogP) is 5.07. The maximum atomic E-state index is 13.9. The summed E-state index contributed by atoms with van der Waals surface area (Å²) in [6.07, 6.45) is -4.31. The van der Waals surface area contributed by atoms with Gasteiger partial charge in [0, 0.05) is 0 Å². The SMILES string of the molecule is CCCc1cc(F)c(C(F)(F)OC2C=C(F)C(F)=C2)c(F)c1. The highest BCUT2D eigenvalue weighted by Crippen LogP contribution is 2.37. The maximum absolute atomic E-state index is 13.9. The molecule has 7 heteroatoms. The first-order valence-electron chi connectivity index (χ1n) is 6.53. The number of ether oxygens (including phenoxy) is 1. The van der Waals surface area contributed by atoms with E-state index in [4.69, 9.17) is 0 Å². The molecule has 2 rings (SSSR count). The second-order valence-electron chi connectivity index (χ2n) is 4.81. The van der Waals surface area contributed by atoms with Gasteiger partial charge in [0.15, 0.2) is 11.7 Å². The minimum Gasteiger partial charge on any atom is -0.304 e. The molecule has 0 bridgehead atoms. The molecule has 0 spiro atoms. The van der Waals surface area contributed by atoms with Crippen molar-refractivity contribution in [1.29, 1.82) is 0 Å². The number of benzene rings is 1. The van der Waals surface area contributed by atoms with Crippen molar-refractivity contribution in [3.05, 3.63) is 58.7 Å². The Bertz CT molecular complexity index is 594. The van der Waals surface area contributed by atoms with E-state index < -0.39 is 41.1 Å². The lowest BCUT2D eigenvalue weighted by Crippen LogP contribution is -2.26. The van der Waals surface area contributed by atoms with Gasteiger partial charge in [0.25, 0.3) is 0 Å². The van der Waals surface area contributed by atoms with Crippen molar-refractivity contribution in [3.63, 3.8) is 0 Å². The van der Waals surface area contributed by atoms with Gasteiger partial charge in [-0.3, -0.25) is 0 Å². The molecule has 0 atom stereocenters. The summed E-state index contributed by atoms with van der Waals surface area (Å²) in [6, 6.07) is 1.58. The molecule has 0 radical (unpaired) electrons. The molecule has 22 heavy (non-hydrogen) atoms. The Labute approximate surface area is 122 Å². The van der Waals surface area contributed by atoms with Crippen LogP contribution in [-0.4, -0.2) is 6.10 Å².